The Balaban J connectivity index is 2.43. The molecule has 1 rings (SSSR count). The predicted molar refractivity (Wildman–Crippen MR) is 64.6 cm³/mol. The fourth-order valence-corrected chi connectivity index (χ4v) is 1.75. The van der Waals surface area contributed by atoms with Crippen molar-refractivity contribution in [3.8, 4) is 0 Å². The zero-order chi connectivity index (χ0) is 11.3. The molecule has 0 unspecified atom stereocenters. The third kappa shape index (κ3) is 4.44. The predicted octanol–water partition coefficient (Wildman–Crippen LogP) is 1.37. The number of amides is 1. The van der Waals surface area contributed by atoms with Crippen molar-refractivity contribution in [2.75, 3.05) is 13.1 Å². The molecule has 1 amide bonds. The van der Waals surface area contributed by atoms with Crippen molar-refractivity contribution in [2.45, 2.75) is 13.3 Å². The van der Waals surface area contributed by atoms with Crippen molar-refractivity contribution in [1.82, 2.24) is 5.32 Å². The first-order chi connectivity index (χ1) is 7.09. The van der Waals surface area contributed by atoms with Gasteiger partial charge in [0.05, 0.1) is 6.54 Å². The number of carbonyl (C=O) groups excluding carboxylic acids is 1. The monoisotopic (exact) mass is 270 g/mol. The molecule has 3 N–H and O–H groups in total. The molecule has 0 heterocycles. The highest BCUT2D eigenvalue weighted by molar-refractivity contribution is 9.10. The largest absolute Gasteiger partial charge is 0.369 e. The van der Waals surface area contributed by atoms with E-state index >= 15 is 0 Å². The molecule has 0 aliphatic rings. The van der Waals surface area contributed by atoms with Crippen LogP contribution in [0.3, 0.4) is 0 Å². The quantitative estimate of drug-likeness (QED) is 0.795. The van der Waals surface area contributed by atoms with Crippen LogP contribution in [-0.4, -0.2) is 19.0 Å². The molecule has 0 radical (unpaired) electrons. The number of hydrogen-bond acceptors (Lipinski definition) is 2. The first-order valence-electron chi connectivity index (χ1n) is 4.83. The van der Waals surface area contributed by atoms with Gasteiger partial charge in [-0.1, -0.05) is 22.0 Å². The van der Waals surface area contributed by atoms with Crippen LogP contribution in [0.25, 0.3) is 0 Å². The van der Waals surface area contributed by atoms with Gasteiger partial charge in [0.1, 0.15) is 0 Å². The smallest absolute Gasteiger partial charge is 0.231 e. The molecule has 0 saturated carbocycles. The van der Waals surface area contributed by atoms with Crippen molar-refractivity contribution < 1.29 is 4.79 Å². The SMILES string of the molecule is Cc1ccc(Br)cc1CCNCC(N)=O. The van der Waals surface area contributed by atoms with E-state index in [1.54, 1.807) is 0 Å². The van der Waals surface area contributed by atoms with Gasteiger partial charge in [0.25, 0.3) is 0 Å². The van der Waals surface area contributed by atoms with Crippen LogP contribution < -0.4 is 11.1 Å². The lowest BCUT2D eigenvalue weighted by molar-refractivity contribution is -0.117. The summed E-state index contributed by atoms with van der Waals surface area (Å²) < 4.78 is 1.08. The van der Waals surface area contributed by atoms with Crippen LogP contribution in [0.2, 0.25) is 0 Å². The van der Waals surface area contributed by atoms with Gasteiger partial charge in [-0.25, -0.2) is 0 Å². The van der Waals surface area contributed by atoms with E-state index in [-0.39, 0.29) is 12.5 Å². The highest BCUT2D eigenvalue weighted by Crippen LogP contribution is 2.16. The summed E-state index contributed by atoms with van der Waals surface area (Å²) in [6, 6.07) is 6.20. The van der Waals surface area contributed by atoms with Crippen LogP contribution in [0.15, 0.2) is 22.7 Å². The second-order valence-electron chi connectivity index (χ2n) is 3.46. The summed E-state index contributed by atoms with van der Waals surface area (Å²) in [6.45, 7) is 3.09. The average Bonchev–Trinajstić information content (AvgIpc) is 2.17. The van der Waals surface area contributed by atoms with Crippen molar-refractivity contribution in [3.63, 3.8) is 0 Å². The highest BCUT2D eigenvalue weighted by atomic mass is 79.9. The molecule has 4 heteroatoms. The van der Waals surface area contributed by atoms with Crippen molar-refractivity contribution in [2.24, 2.45) is 5.73 Å². The zero-order valence-corrected chi connectivity index (χ0v) is 10.3. The highest BCUT2D eigenvalue weighted by Gasteiger charge is 1.99. The lowest BCUT2D eigenvalue weighted by Gasteiger charge is -2.06. The van der Waals surface area contributed by atoms with Gasteiger partial charge in [-0.2, -0.15) is 0 Å². The summed E-state index contributed by atoms with van der Waals surface area (Å²) in [5.74, 6) is -0.319. The van der Waals surface area contributed by atoms with E-state index in [1.807, 2.05) is 6.07 Å². The number of nitrogens with two attached hydrogens (primary N) is 1. The number of aryl methyl sites for hydroxylation is 1. The van der Waals surface area contributed by atoms with Gasteiger partial charge in [-0.3, -0.25) is 4.79 Å². The first kappa shape index (κ1) is 12.2. The van der Waals surface area contributed by atoms with Crippen LogP contribution in [0, 0.1) is 6.92 Å². The average molecular weight is 271 g/mol. The fraction of sp³-hybridized carbons (Fsp3) is 0.364. The van der Waals surface area contributed by atoms with Crippen LogP contribution in [-0.2, 0) is 11.2 Å². The topological polar surface area (TPSA) is 55.1 Å². The summed E-state index contributed by atoms with van der Waals surface area (Å²) in [7, 11) is 0. The summed E-state index contributed by atoms with van der Waals surface area (Å²) in [5, 5.41) is 2.99. The standard InChI is InChI=1S/C11H15BrN2O/c1-8-2-3-10(12)6-9(8)4-5-14-7-11(13)15/h2-3,6,14H,4-5,7H2,1H3,(H2,13,15). The van der Waals surface area contributed by atoms with Gasteiger partial charge < -0.3 is 11.1 Å². The number of primary amides is 1. The van der Waals surface area contributed by atoms with E-state index in [0.717, 1.165) is 17.4 Å². The Labute approximate surface area is 98.2 Å². The second kappa shape index (κ2) is 5.88. The number of carbonyl (C=O) groups is 1. The molecule has 1 aromatic carbocycles. The van der Waals surface area contributed by atoms with E-state index in [1.165, 1.54) is 11.1 Å². The Morgan fingerprint density at radius 1 is 1.53 bits per heavy atom. The van der Waals surface area contributed by atoms with E-state index < -0.39 is 0 Å². The minimum absolute atomic E-state index is 0.243. The van der Waals surface area contributed by atoms with Gasteiger partial charge in [0.2, 0.25) is 5.91 Å². The van der Waals surface area contributed by atoms with Gasteiger partial charge >= 0.3 is 0 Å². The minimum Gasteiger partial charge on any atom is -0.369 e. The van der Waals surface area contributed by atoms with Crippen molar-refractivity contribution >= 4 is 21.8 Å². The summed E-state index contributed by atoms with van der Waals surface area (Å²) >= 11 is 3.43. The van der Waals surface area contributed by atoms with Gasteiger partial charge in [-0.15, -0.1) is 0 Å². The van der Waals surface area contributed by atoms with Crippen molar-refractivity contribution in [3.05, 3.63) is 33.8 Å². The summed E-state index contributed by atoms with van der Waals surface area (Å²) in [6.07, 6.45) is 0.901. The van der Waals surface area contributed by atoms with Crippen LogP contribution in [0.4, 0.5) is 0 Å². The maximum Gasteiger partial charge on any atom is 0.231 e. The fourth-order valence-electron chi connectivity index (χ4n) is 1.34. The maximum atomic E-state index is 10.5. The normalized spacial score (nSPS) is 10.3. The maximum absolute atomic E-state index is 10.5. The molecule has 0 fully saturated rings. The van der Waals surface area contributed by atoms with E-state index in [9.17, 15) is 4.79 Å². The van der Waals surface area contributed by atoms with Crippen molar-refractivity contribution in [1.29, 1.82) is 0 Å². The number of hydrogen-bond donors (Lipinski definition) is 2. The molecular weight excluding hydrogens is 256 g/mol. The van der Waals surface area contributed by atoms with Gasteiger partial charge in [0, 0.05) is 4.47 Å². The summed E-state index contributed by atoms with van der Waals surface area (Å²) in [4.78, 5) is 10.5. The lowest BCUT2D eigenvalue weighted by Crippen LogP contribution is -2.29. The third-order valence-electron chi connectivity index (χ3n) is 2.18. The molecule has 82 valence electrons. The number of nitrogens with one attached hydrogen (secondary N) is 1. The number of rotatable bonds is 5. The Morgan fingerprint density at radius 3 is 2.93 bits per heavy atom. The molecule has 0 saturated heterocycles. The molecular formula is C11H15BrN2O. The summed E-state index contributed by atoms with van der Waals surface area (Å²) in [5.41, 5.74) is 7.56. The Morgan fingerprint density at radius 2 is 2.27 bits per heavy atom. The molecule has 15 heavy (non-hydrogen) atoms. The number of halogens is 1. The Kier molecular flexibility index (Phi) is 4.78. The molecule has 0 spiro atoms. The molecule has 0 atom stereocenters. The minimum atomic E-state index is -0.319. The van der Waals surface area contributed by atoms with E-state index in [2.05, 4.69) is 40.3 Å². The first-order valence-corrected chi connectivity index (χ1v) is 5.63. The second-order valence-corrected chi connectivity index (χ2v) is 4.38. The van der Waals surface area contributed by atoms with Crippen LogP contribution >= 0.6 is 15.9 Å². The number of benzene rings is 1. The lowest BCUT2D eigenvalue weighted by atomic mass is 10.1. The molecule has 0 aromatic heterocycles. The van der Waals surface area contributed by atoms with Crippen LogP contribution in [0.1, 0.15) is 11.1 Å². The van der Waals surface area contributed by atoms with Gasteiger partial charge in [-0.05, 0) is 43.1 Å². The molecule has 3 nitrogen and oxygen atoms in total. The third-order valence-corrected chi connectivity index (χ3v) is 2.67. The van der Waals surface area contributed by atoms with E-state index in [0.29, 0.717) is 0 Å². The Hall–Kier alpha value is -0.870. The molecule has 0 aliphatic carbocycles. The van der Waals surface area contributed by atoms with Gasteiger partial charge in [0.15, 0.2) is 0 Å². The van der Waals surface area contributed by atoms with Crippen LogP contribution in [0.5, 0.6) is 0 Å². The molecule has 0 aliphatic heterocycles. The Bertz CT molecular complexity index is 352. The molecule has 0 bridgehead atoms. The molecule has 1 aromatic rings. The van der Waals surface area contributed by atoms with E-state index in [4.69, 9.17) is 5.73 Å². The zero-order valence-electron chi connectivity index (χ0n) is 8.72.